The Morgan fingerprint density at radius 3 is 1.04 bits per heavy atom. The van der Waals surface area contributed by atoms with Crippen molar-refractivity contribution in [3.63, 3.8) is 0 Å². The Bertz CT molecular complexity index is 487. The SMILES string of the molecule is CC(C)(C)C(C#N)CC(C#N)CC(C#N)CC(C#N)C(C)(C)C. The lowest BCUT2D eigenvalue weighted by atomic mass is 9.73. The predicted octanol–water partition coefficient (Wildman–Crippen LogP) is 4.81. The lowest BCUT2D eigenvalue weighted by Gasteiger charge is -2.29. The molecule has 0 spiro atoms. The van der Waals surface area contributed by atoms with Gasteiger partial charge in [0.05, 0.1) is 36.1 Å². The van der Waals surface area contributed by atoms with Crippen molar-refractivity contribution in [1.29, 1.82) is 21.0 Å². The van der Waals surface area contributed by atoms with E-state index >= 15 is 0 Å². The fourth-order valence-corrected chi connectivity index (χ4v) is 2.52. The highest BCUT2D eigenvalue weighted by molar-refractivity contribution is 5.01. The van der Waals surface area contributed by atoms with Crippen LogP contribution in [0.2, 0.25) is 0 Å². The van der Waals surface area contributed by atoms with Crippen LogP contribution >= 0.6 is 0 Å². The van der Waals surface area contributed by atoms with Crippen molar-refractivity contribution in [2.24, 2.45) is 34.5 Å². The minimum absolute atomic E-state index is 0.188. The van der Waals surface area contributed by atoms with Crippen LogP contribution in [0.4, 0.5) is 0 Å². The zero-order valence-corrected chi connectivity index (χ0v) is 15.2. The van der Waals surface area contributed by atoms with Gasteiger partial charge in [-0.1, -0.05) is 41.5 Å². The maximum Gasteiger partial charge on any atom is 0.0661 e. The predicted molar refractivity (Wildman–Crippen MR) is 89.2 cm³/mol. The van der Waals surface area contributed by atoms with Gasteiger partial charge in [0.25, 0.3) is 0 Å². The van der Waals surface area contributed by atoms with Gasteiger partial charge in [-0.3, -0.25) is 0 Å². The molecule has 0 aromatic carbocycles. The summed E-state index contributed by atoms with van der Waals surface area (Å²) in [6.07, 6.45) is 1.37. The van der Waals surface area contributed by atoms with E-state index in [4.69, 9.17) is 0 Å². The van der Waals surface area contributed by atoms with Crippen molar-refractivity contribution in [2.45, 2.75) is 60.8 Å². The van der Waals surface area contributed by atoms with Crippen LogP contribution in [0.3, 0.4) is 0 Å². The molecule has 4 unspecified atom stereocenters. The topological polar surface area (TPSA) is 95.2 Å². The highest BCUT2D eigenvalue weighted by atomic mass is 14.4. The summed E-state index contributed by atoms with van der Waals surface area (Å²) in [5.41, 5.74) is -0.376. The molecule has 0 rings (SSSR count). The van der Waals surface area contributed by atoms with Crippen molar-refractivity contribution in [3.8, 4) is 24.3 Å². The first kappa shape index (κ1) is 21.0. The van der Waals surface area contributed by atoms with E-state index in [0.29, 0.717) is 19.3 Å². The monoisotopic (exact) mass is 312 g/mol. The van der Waals surface area contributed by atoms with Crippen LogP contribution < -0.4 is 0 Å². The molecule has 4 nitrogen and oxygen atoms in total. The fraction of sp³-hybridized carbons (Fsp3) is 0.789. The van der Waals surface area contributed by atoms with Gasteiger partial charge in [-0.2, -0.15) is 21.0 Å². The van der Waals surface area contributed by atoms with E-state index in [1.807, 2.05) is 41.5 Å². The van der Waals surface area contributed by atoms with Gasteiger partial charge in [0.15, 0.2) is 0 Å². The van der Waals surface area contributed by atoms with Gasteiger partial charge in [0, 0.05) is 11.8 Å². The Labute approximate surface area is 141 Å². The van der Waals surface area contributed by atoms with Crippen molar-refractivity contribution in [2.75, 3.05) is 0 Å². The van der Waals surface area contributed by atoms with Crippen molar-refractivity contribution in [1.82, 2.24) is 0 Å². The quantitative estimate of drug-likeness (QED) is 0.703. The van der Waals surface area contributed by atoms with Gasteiger partial charge in [-0.05, 0) is 30.1 Å². The normalized spacial score (nSPS) is 16.8. The molecule has 0 aromatic heterocycles. The van der Waals surface area contributed by atoms with E-state index in [1.54, 1.807) is 0 Å². The van der Waals surface area contributed by atoms with E-state index in [0.717, 1.165) is 0 Å². The zero-order valence-electron chi connectivity index (χ0n) is 15.2. The molecule has 0 saturated carbocycles. The summed E-state index contributed by atoms with van der Waals surface area (Å²) in [7, 11) is 0. The third-order valence-electron chi connectivity index (χ3n) is 4.38. The second-order valence-corrected chi connectivity index (χ2v) is 8.45. The average molecular weight is 312 g/mol. The fourth-order valence-electron chi connectivity index (χ4n) is 2.52. The summed E-state index contributed by atoms with van der Waals surface area (Å²) in [6.45, 7) is 11.9. The Hall–Kier alpha value is -2.04. The first-order chi connectivity index (χ1) is 10.5. The zero-order chi connectivity index (χ0) is 18.3. The van der Waals surface area contributed by atoms with E-state index in [9.17, 15) is 21.0 Å². The Kier molecular flexibility index (Phi) is 7.80. The molecule has 0 aliphatic heterocycles. The largest absolute Gasteiger partial charge is 0.198 e. The second kappa shape index (κ2) is 8.56. The molecule has 0 aliphatic rings. The summed E-state index contributed by atoms with van der Waals surface area (Å²) in [6, 6.07) is 9.07. The van der Waals surface area contributed by atoms with Gasteiger partial charge in [0.2, 0.25) is 0 Å². The summed E-state index contributed by atoms with van der Waals surface area (Å²) < 4.78 is 0. The third-order valence-corrected chi connectivity index (χ3v) is 4.38. The second-order valence-electron chi connectivity index (χ2n) is 8.45. The van der Waals surface area contributed by atoms with Gasteiger partial charge in [-0.15, -0.1) is 0 Å². The molecule has 4 heteroatoms. The summed E-state index contributed by atoms with van der Waals surface area (Å²) in [5.74, 6) is -1.10. The Balaban J connectivity index is 4.98. The number of rotatable bonds is 6. The minimum atomic E-state index is -0.331. The van der Waals surface area contributed by atoms with Crippen LogP contribution in [0, 0.1) is 79.8 Å². The van der Waals surface area contributed by atoms with Crippen LogP contribution in [0.1, 0.15) is 60.8 Å². The molecule has 23 heavy (non-hydrogen) atoms. The smallest absolute Gasteiger partial charge is 0.0661 e. The highest BCUT2D eigenvalue weighted by Crippen LogP contribution is 2.35. The minimum Gasteiger partial charge on any atom is -0.198 e. The molecule has 0 amide bonds. The lowest BCUT2D eigenvalue weighted by Crippen LogP contribution is -2.24. The van der Waals surface area contributed by atoms with E-state index < -0.39 is 0 Å². The van der Waals surface area contributed by atoms with Crippen LogP contribution in [0.25, 0.3) is 0 Å². The van der Waals surface area contributed by atoms with E-state index in [1.165, 1.54) is 0 Å². The molecule has 0 fully saturated rings. The Morgan fingerprint density at radius 2 is 0.870 bits per heavy atom. The number of nitriles is 4. The number of nitrogens with zero attached hydrogens (tertiary/aromatic N) is 4. The molecular formula is C19H28N4. The van der Waals surface area contributed by atoms with Gasteiger partial charge in [-0.25, -0.2) is 0 Å². The van der Waals surface area contributed by atoms with E-state index in [2.05, 4.69) is 24.3 Å². The van der Waals surface area contributed by atoms with Crippen molar-refractivity contribution in [3.05, 3.63) is 0 Å². The molecule has 0 bridgehead atoms. The maximum absolute atomic E-state index is 9.40. The molecule has 0 saturated heterocycles. The van der Waals surface area contributed by atoms with Gasteiger partial charge < -0.3 is 0 Å². The molecular weight excluding hydrogens is 284 g/mol. The lowest BCUT2D eigenvalue weighted by molar-refractivity contribution is 0.234. The number of hydrogen-bond acceptors (Lipinski definition) is 4. The van der Waals surface area contributed by atoms with Crippen LogP contribution in [-0.2, 0) is 0 Å². The third kappa shape index (κ3) is 7.17. The summed E-state index contributed by atoms with van der Waals surface area (Å²) in [4.78, 5) is 0. The number of hydrogen-bond donors (Lipinski definition) is 0. The average Bonchev–Trinajstić information content (AvgIpc) is 2.43. The molecule has 0 radical (unpaired) electrons. The Morgan fingerprint density at radius 1 is 0.565 bits per heavy atom. The maximum atomic E-state index is 9.40. The molecule has 124 valence electrons. The van der Waals surface area contributed by atoms with Crippen molar-refractivity contribution < 1.29 is 0 Å². The molecule has 0 heterocycles. The van der Waals surface area contributed by atoms with Gasteiger partial charge >= 0.3 is 0 Å². The first-order valence-corrected chi connectivity index (χ1v) is 8.08. The van der Waals surface area contributed by atoms with Crippen LogP contribution in [0.5, 0.6) is 0 Å². The first-order valence-electron chi connectivity index (χ1n) is 8.08. The van der Waals surface area contributed by atoms with Gasteiger partial charge in [0.1, 0.15) is 0 Å². The van der Waals surface area contributed by atoms with E-state index in [-0.39, 0.29) is 34.5 Å². The summed E-state index contributed by atoms with van der Waals surface area (Å²) in [5, 5.41) is 37.4. The standard InChI is InChI=1S/C19H28N4/c1-18(2,3)16(12-22)8-14(10-20)7-15(11-21)9-17(13-23)19(4,5)6/h14-17H,7-9H2,1-6H3. The molecule has 4 atom stereocenters. The molecule has 0 aliphatic carbocycles. The summed E-state index contributed by atoms with van der Waals surface area (Å²) >= 11 is 0. The van der Waals surface area contributed by atoms with Crippen LogP contribution in [-0.4, -0.2) is 0 Å². The molecule has 0 aromatic rings. The molecule has 0 N–H and O–H groups in total. The van der Waals surface area contributed by atoms with Crippen LogP contribution in [0.15, 0.2) is 0 Å². The van der Waals surface area contributed by atoms with Crippen molar-refractivity contribution >= 4 is 0 Å². The highest BCUT2D eigenvalue weighted by Gasteiger charge is 2.31.